The standard InChI is InChI=1S/C17H25N3OS2/c18-20(8-7-19-9-11-21-12-10-19)6-5-15(16-3-1-13-22-16)17-4-2-14-23-17/h1-4,13-15H,5-12,18H2. The predicted octanol–water partition coefficient (Wildman–Crippen LogP) is 2.84. The first-order valence-electron chi connectivity index (χ1n) is 8.19. The maximum atomic E-state index is 6.23. The van der Waals surface area contributed by atoms with E-state index >= 15 is 0 Å². The number of thiophene rings is 2. The third kappa shape index (κ3) is 5.11. The van der Waals surface area contributed by atoms with Gasteiger partial charge < -0.3 is 4.74 Å². The van der Waals surface area contributed by atoms with Crippen molar-refractivity contribution in [3.05, 3.63) is 44.8 Å². The minimum atomic E-state index is 0.476. The normalized spacial score (nSPS) is 16.5. The molecule has 1 fully saturated rings. The Morgan fingerprint density at radius 3 is 2.30 bits per heavy atom. The minimum absolute atomic E-state index is 0.476. The number of nitrogens with two attached hydrogens (primary N) is 1. The minimum Gasteiger partial charge on any atom is -0.379 e. The van der Waals surface area contributed by atoms with Crippen LogP contribution >= 0.6 is 22.7 Å². The first kappa shape index (κ1) is 17.1. The first-order chi connectivity index (χ1) is 11.3. The van der Waals surface area contributed by atoms with E-state index in [0.29, 0.717) is 5.92 Å². The highest BCUT2D eigenvalue weighted by Gasteiger charge is 2.17. The fourth-order valence-electron chi connectivity index (χ4n) is 2.91. The van der Waals surface area contributed by atoms with Gasteiger partial charge in [-0.25, -0.2) is 5.01 Å². The van der Waals surface area contributed by atoms with Crippen molar-refractivity contribution >= 4 is 22.7 Å². The molecule has 2 N–H and O–H groups in total. The highest BCUT2D eigenvalue weighted by Crippen LogP contribution is 2.33. The molecule has 23 heavy (non-hydrogen) atoms. The molecular weight excluding hydrogens is 326 g/mol. The molecule has 1 aliphatic rings. The summed E-state index contributed by atoms with van der Waals surface area (Å²) < 4.78 is 5.38. The summed E-state index contributed by atoms with van der Waals surface area (Å²) in [7, 11) is 0. The van der Waals surface area contributed by atoms with Crippen molar-refractivity contribution in [1.29, 1.82) is 0 Å². The Labute approximate surface area is 146 Å². The van der Waals surface area contributed by atoms with Gasteiger partial charge in [0.2, 0.25) is 0 Å². The molecule has 0 atom stereocenters. The van der Waals surface area contributed by atoms with Gasteiger partial charge in [0.25, 0.3) is 0 Å². The molecule has 2 aromatic rings. The molecule has 3 rings (SSSR count). The van der Waals surface area contributed by atoms with E-state index < -0.39 is 0 Å². The Morgan fingerprint density at radius 2 is 1.74 bits per heavy atom. The average molecular weight is 352 g/mol. The summed E-state index contributed by atoms with van der Waals surface area (Å²) in [5.41, 5.74) is 0. The van der Waals surface area contributed by atoms with Gasteiger partial charge in [0.15, 0.2) is 0 Å². The van der Waals surface area contributed by atoms with Gasteiger partial charge >= 0.3 is 0 Å². The predicted molar refractivity (Wildman–Crippen MR) is 98.1 cm³/mol. The highest BCUT2D eigenvalue weighted by atomic mass is 32.1. The Hall–Kier alpha value is -0.760. The largest absolute Gasteiger partial charge is 0.379 e. The molecule has 0 aliphatic carbocycles. The summed E-state index contributed by atoms with van der Waals surface area (Å²) >= 11 is 3.68. The van der Waals surface area contributed by atoms with Gasteiger partial charge in [0.1, 0.15) is 0 Å². The monoisotopic (exact) mass is 351 g/mol. The second-order valence-electron chi connectivity index (χ2n) is 5.86. The van der Waals surface area contributed by atoms with Crippen LogP contribution in [0.15, 0.2) is 35.0 Å². The zero-order valence-corrected chi connectivity index (χ0v) is 15.0. The van der Waals surface area contributed by atoms with Crippen LogP contribution in [-0.2, 0) is 4.74 Å². The van der Waals surface area contributed by atoms with Crippen LogP contribution in [0, 0.1) is 0 Å². The van der Waals surface area contributed by atoms with Crippen LogP contribution in [0.25, 0.3) is 0 Å². The van der Waals surface area contributed by atoms with Crippen molar-refractivity contribution < 1.29 is 4.74 Å². The molecule has 6 heteroatoms. The van der Waals surface area contributed by atoms with Crippen LogP contribution in [0.5, 0.6) is 0 Å². The smallest absolute Gasteiger partial charge is 0.0594 e. The first-order valence-corrected chi connectivity index (χ1v) is 9.95. The van der Waals surface area contributed by atoms with E-state index in [1.54, 1.807) is 0 Å². The number of ether oxygens (including phenoxy) is 1. The summed E-state index contributed by atoms with van der Waals surface area (Å²) in [6, 6.07) is 8.76. The molecule has 0 radical (unpaired) electrons. The van der Waals surface area contributed by atoms with Gasteiger partial charge in [-0.05, 0) is 29.3 Å². The third-order valence-electron chi connectivity index (χ3n) is 4.29. The molecule has 0 saturated carbocycles. The van der Waals surface area contributed by atoms with E-state index in [1.165, 1.54) is 9.75 Å². The lowest BCUT2D eigenvalue weighted by Crippen LogP contribution is -2.43. The Bertz CT molecular complexity index is 504. The van der Waals surface area contributed by atoms with Crippen LogP contribution < -0.4 is 5.84 Å². The molecular formula is C17H25N3OS2. The molecule has 0 spiro atoms. The second kappa shape index (κ2) is 8.92. The quantitative estimate of drug-likeness (QED) is 0.587. The number of hydrazine groups is 1. The summed E-state index contributed by atoms with van der Waals surface area (Å²) in [6.07, 6.45) is 1.07. The van der Waals surface area contributed by atoms with Crippen LogP contribution in [0.2, 0.25) is 0 Å². The van der Waals surface area contributed by atoms with E-state index in [4.69, 9.17) is 10.6 Å². The van der Waals surface area contributed by atoms with Crippen LogP contribution in [0.4, 0.5) is 0 Å². The van der Waals surface area contributed by atoms with Crippen LogP contribution in [-0.4, -0.2) is 55.8 Å². The average Bonchev–Trinajstić information content (AvgIpc) is 3.28. The summed E-state index contributed by atoms with van der Waals surface area (Å²) in [5, 5.41) is 6.30. The number of hydrogen-bond donors (Lipinski definition) is 1. The lowest BCUT2D eigenvalue weighted by molar-refractivity contribution is 0.0332. The molecule has 0 aromatic carbocycles. The lowest BCUT2D eigenvalue weighted by atomic mass is 10.0. The molecule has 126 valence electrons. The topological polar surface area (TPSA) is 41.7 Å². The van der Waals surface area contributed by atoms with E-state index in [9.17, 15) is 0 Å². The number of morpholine rings is 1. The number of rotatable bonds is 8. The zero-order chi connectivity index (χ0) is 15.9. The van der Waals surface area contributed by atoms with Gasteiger partial charge in [0, 0.05) is 48.4 Å². The fraction of sp³-hybridized carbons (Fsp3) is 0.529. The molecule has 2 aromatic heterocycles. The van der Waals surface area contributed by atoms with E-state index in [1.807, 2.05) is 27.7 Å². The number of nitrogens with zero attached hydrogens (tertiary/aromatic N) is 2. The summed E-state index contributed by atoms with van der Waals surface area (Å²) in [5.74, 6) is 6.70. The molecule has 3 heterocycles. The maximum absolute atomic E-state index is 6.23. The van der Waals surface area contributed by atoms with Crippen molar-refractivity contribution in [2.24, 2.45) is 5.84 Å². The van der Waals surface area contributed by atoms with E-state index in [0.717, 1.165) is 52.4 Å². The second-order valence-corrected chi connectivity index (χ2v) is 7.82. The van der Waals surface area contributed by atoms with E-state index in [2.05, 4.69) is 39.9 Å². The Morgan fingerprint density at radius 1 is 1.09 bits per heavy atom. The molecule has 0 amide bonds. The van der Waals surface area contributed by atoms with Crippen LogP contribution in [0.1, 0.15) is 22.1 Å². The van der Waals surface area contributed by atoms with Gasteiger partial charge in [0.05, 0.1) is 13.2 Å². The third-order valence-corrected chi connectivity index (χ3v) is 6.26. The molecule has 1 aliphatic heterocycles. The maximum Gasteiger partial charge on any atom is 0.0594 e. The molecule has 1 saturated heterocycles. The molecule has 0 unspecified atom stereocenters. The van der Waals surface area contributed by atoms with Crippen molar-refractivity contribution in [3.63, 3.8) is 0 Å². The van der Waals surface area contributed by atoms with Crippen molar-refractivity contribution in [3.8, 4) is 0 Å². The van der Waals surface area contributed by atoms with Crippen molar-refractivity contribution in [2.75, 3.05) is 45.9 Å². The zero-order valence-electron chi connectivity index (χ0n) is 13.4. The van der Waals surface area contributed by atoms with E-state index in [-0.39, 0.29) is 0 Å². The van der Waals surface area contributed by atoms with Crippen molar-refractivity contribution in [1.82, 2.24) is 9.91 Å². The van der Waals surface area contributed by atoms with Gasteiger partial charge in [-0.3, -0.25) is 10.7 Å². The SMILES string of the molecule is NN(CCC(c1cccs1)c1cccs1)CCN1CCOCC1. The Balaban J connectivity index is 1.48. The molecule has 4 nitrogen and oxygen atoms in total. The van der Waals surface area contributed by atoms with Crippen molar-refractivity contribution in [2.45, 2.75) is 12.3 Å². The summed E-state index contributed by atoms with van der Waals surface area (Å²) in [6.45, 7) is 6.63. The van der Waals surface area contributed by atoms with Crippen LogP contribution in [0.3, 0.4) is 0 Å². The summed E-state index contributed by atoms with van der Waals surface area (Å²) in [4.78, 5) is 5.31. The van der Waals surface area contributed by atoms with Gasteiger partial charge in [-0.15, -0.1) is 22.7 Å². The Kier molecular flexibility index (Phi) is 6.62. The lowest BCUT2D eigenvalue weighted by Gasteiger charge is -2.28. The van der Waals surface area contributed by atoms with Gasteiger partial charge in [-0.2, -0.15) is 0 Å². The fourth-order valence-corrected chi connectivity index (χ4v) is 4.74. The highest BCUT2D eigenvalue weighted by molar-refractivity contribution is 7.11. The number of hydrogen-bond acceptors (Lipinski definition) is 6. The molecule has 0 bridgehead atoms. The van der Waals surface area contributed by atoms with Gasteiger partial charge in [-0.1, -0.05) is 12.1 Å².